The Balaban J connectivity index is 1.39. The Morgan fingerprint density at radius 3 is 2.44 bits per heavy atom. The van der Waals surface area contributed by atoms with E-state index in [2.05, 4.69) is 10.8 Å². The molecule has 0 spiro atoms. The summed E-state index contributed by atoms with van der Waals surface area (Å²) in [4.78, 5) is 14.4. The minimum Gasteiger partial charge on any atom is -0.457 e. The molecule has 0 bridgehead atoms. The molecule has 3 aromatic carbocycles. The van der Waals surface area contributed by atoms with Crippen molar-refractivity contribution in [3.8, 4) is 17.6 Å². The molecule has 1 fully saturated rings. The zero-order valence-corrected chi connectivity index (χ0v) is 18.0. The first kappa shape index (κ1) is 21.6. The largest absolute Gasteiger partial charge is 0.457 e. The fourth-order valence-corrected chi connectivity index (χ4v) is 4.76. The van der Waals surface area contributed by atoms with Crippen LogP contribution in [-0.4, -0.2) is 31.8 Å². The summed E-state index contributed by atoms with van der Waals surface area (Å²) in [6.45, 7) is 0.769. The van der Waals surface area contributed by atoms with Crippen LogP contribution in [0.1, 0.15) is 17.5 Å². The summed E-state index contributed by atoms with van der Waals surface area (Å²) in [6, 6.07) is 23.5. The van der Waals surface area contributed by atoms with Gasteiger partial charge in [-0.05, 0) is 60.5 Å². The summed E-state index contributed by atoms with van der Waals surface area (Å²) < 4.78 is 33.8. The molecule has 1 amide bonds. The van der Waals surface area contributed by atoms with Crippen LogP contribution in [0.15, 0.2) is 83.8 Å². The van der Waals surface area contributed by atoms with Crippen molar-refractivity contribution in [2.24, 2.45) is 0 Å². The molecule has 0 aliphatic carbocycles. The molecule has 0 saturated carbocycles. The predicted octanol–water partition coefficient (Wildman–Crippen LogP) is 3.43. The van der Waals surface area contributed by atoms with E-state index < -0.39 is 16.1 Å². The fraction of sp³-hybridized carbons (Fsp3) is 0.167. The Morgan fingerprint density at radius 1 is 1.00 bits per heavy atom. The molecule has 1 N–H and O–H groups in total. The topological polar surface area (TPSA) is 99.5 Å². The zero-order chi connectivity index (χ0) is 22.6. The number of nitrogens with zero attached hydrogens (tertiary/aromatic N) is 2. The van der Waals surface area contributed by atoms with Gasteiger partial charge in [-0.1, -0.05) is 30.3 Å². The highest BCUT2D eigenvalue weighted by molar-refractivity contribution is 7.89. The molecule has 7 nitrogen and oxygen atoms in total. The van der Waals surface area contributed by atoms with Gasteiger partial charge in [0.2, 0.25) is 15.9 Å². The molecule has 162 valence electrons. The van der Waals surface area contributed by atoms with E-state index in [0.717, 1.165) is 5.56 Å². The average molecular weight is 448 g/mol. The molecule has 32 heavy (non-hydrogen) atoms. The van der Waals surface area contributed by atoms with Crippen molar-refractivity contribution in [3.63, 3.8) is 0 Å². The van der Waals surface area contributed by atoms with Crippen molar-refractivity contribution in [1.82, 2.24) is 9.62 Å². The predicted molar refractivity (Wildman–Crippen MR) is 118 cm³/mol. The summed E-state index contributed by atoms with van der Waals surface area (Å²) in [6.07, 6.45) is 0.380. The highest BCUT2D eigenvalue weighted by Crippen LogP contribution is 2.23. The Hall–Kier alpha value is -3.67. The molecule has 0 unspecified atom stereocenters. The minimum atomic E-state index is -3.87. The number of benzene rings is 3. The minimum absolute atomic E-state index is 0.0610. The van der Waals surface area contributed by atoms with E-state index in [1.165, 1.54) is 12.1 Å². The molecule has 4 rings (SSSR count). The van der Waals surface area contributed by atoms with Crippen molar-refractivity contribution < 1.29 is 17.9 Å². The highest BCUT2D eigenvalue weighted by Gasteiger charge is 2.34. The number of carbonyl (C=O) groups excluding carboxylic acids is 1. The van der Waals surface area contributed by atoms with Crippen molar-refractivity contribution in [3.05, 3.63) is 90.0 Å². The number of sulfonamides is 1. The molecule has 1 heterocycles. The number of para-hydroxylation sites is 1. The SMILES string of the molecule is N#Cc1cccc(CN2CC[C@H](NS(=O)(=O)c3ccc(Oc4ccccc4)cc3)C2=O)c1. The number of amides is 1. The second-order valence-corrected chi connectivity index (χ2v) is 9.14. The number of hydrogen-bond donors (Lipinski definition) is 1. The van der Waals surface area contributed by atoms with Crippen LogP contribution in [0.4, 0.5) is 0 Å². The van der Waals surface area contributed by atoms with Gasteiger partial charge in [-0.25, -0.2) is 8.42 Å². The summed E-state index contributed by atoms with van der Waals surface area (Å²) in [7, 11) is -3.87. The van der Waals surface area contributed by atoms with E-state index in [-0.39, 0.29) is 10.8 Å². The third-order valence-corrected chi connectivity index (χ3v) is 6.62. The van der Waals surface area contributed by atoms with E-state index in [0.29, 0.717) is 36.6 Å². The van der Waals surface area contributed by atoms with Crippen LogP contribution in [0.25, 0.3) is 0 Å². The Kier molecular flexibility index (Phi) is 6.21. The molecule has 0 aromatic heterocycles. The van der Waals surface area contributed by atoms with Gasteiger partial charge in [0.05, 0.1) is 16.5 Å². The molecule has 1 aliphatic heterocycles. The van der Waals surface area contributed by atoms with E-state index in [1.807, 2.05) is 24.3 Å². The van der Waals surface area contributed by atoms with Gasteiger partial charge in [-0.15, -0.1) is 0 Å². The van der Waals surface area contributed by atoms with Gasteiger partial charge in [0, 0.05) is 13.1 Å². The van der Waals surface area contributed by atoms with Gasteiger partial charge < -0.3 is 9.64 Å². The first-order valence-electron chi connectivity index (χ1n) is 10.1. The second kappa shape index (κ2) is 9.22. The van der Waals surface area contributed by atoms with Crippen LogP contribution in [0.2, 0.25) is 0 Å². The Bertz CT molecular complexity index is 1250. The van der Waals surface area contributed by atoms with E-state index >= 15 is 0 Å². The molecular formula is C24H21N3O4S. The standard InChI is InChI=1S/C24H21N3O4S/c25-16-18-5-4-6-19(15-18)17-27-14-13-23(24(27)28)26-32(29,30)22-11-9-21(10-12-22)31-20-7-2-1-3-8-20/h1-12,15,23,26H,13-14,17H2/t23-/m0/s1. The maximum atomic E-state index is 12.8. The number of carbonyl (C=O) groups is 1. The maximum absolute atomic E-state index is 12.8. The first-order chi connectivity index (χ1) is 15.4. The lowest BCUT2D eigenvalue weighted by atomic mass is 10.1. The van der Waals surface area contributed by atoms with Gasteiger partial charge in [-0.2, -0.15) is 9.98 Å². The van der Waals surface area contributed by atoms with Crippen LogP contribution in [-0.2, 0) is 21.4 Å². The Labute approximate surface area is 186 Å². The van der Waals surface area contributed by atoms with E-state index in [4.69, 9.17) is 10.00 Å². The van der Waals surface area contributed by atoms with Crippen molar-refractivity contribution in [2.45, 2.75) is 23.9 Å². The summed E-state index contributed by atoms with van der Waals surface area (Å²) in [5.41, 5.74) is 1.35. The zero-order valence-electron chi connectivity index (χ0n) is 17.1. The summed E-state index contributed by atoms with van der Waals surface area (Å²) in [5, 5.41) is 9.03. The maximum Gasteiger partial charge on any atom is 0.241 e. The van der Waals surface area contributed by atoms with E-state index in [1.54, 1.807) is 47.4 Å². The number of ether oxygens (including phenoxy) is 1. The molecular weight excluding hydrogens is 426 g/mol. The van der Waals surface area contributed by atoms with E-state index in [9.17, 15) is 13.2 Å². The molecule has 0 radical (unpaired) electrons. The van der Waals surface area contributed by atoms with Crippen LogP contribution in [0.3, 0.4) is 0 Å². The monoisotopic (exact) mass is 447 g/mol. The lowest BCUT2D eigenvalue weighted by molar-refractivity contribution is -0.129. The van der Waals surface area contributed by atoms with Crippen molar-refractivity contribution in [2.75, 3.05) is 6.54 Å². The quantitative estimate of drug-likeness (QED) is 0.598. The van der Waals surface area contributed by atoms with Gasteiger partial charge in [0.25, 0.3) is 0 Å². The lowest BCUT2D eigenvalue weighted by Gasteiger charge is -2.17. The van der Waals surface area contributed by atoms with Gasteiger partial charge >= 0.3 is 0 Å². The van der Waals surface area contributed by atoms with Gasteiger partial charge in [0.1, 0.15) is 17.5 Å². The van der Waals surface area contributed by atoms with Crippen LogP contribution >= 0.6 is 0 Å². The normalized spacial score (nSPS) is 16.0. The van der Waals surface area contributed by atoms with Crippen molar-refractivity contribution in [1.29, 1.82) is 5.26 Å². The summed E-state index contributed by atoms with van der Waals surface area (Å²) in [5.74, 6) is 0.885. The molecule has 1 saturated heterocycles. The third kappa shape index (κ3) is 4.97. The lowest BCUT2D eigenvalue weighted by Crippen LogP contribution is -2.41. The molecule has 3 aromatic rings. The molecule has 8 heteroatoms. The highest BCUT2D eigenvalue weighted by atomic mass is 32.2. The Morgan fingerprint density at radius 2 is 1.72 bits per heavy atom. The number of likely N-dealkylation sites (tertiary alicyclic amines) is 1. The summed E-state index contributed by atoms with van der Waals surface area (Å²) >= 11 is 0. The molecule has 1 atom stereocenters. The van der Waals surface area contributed by atoms with Gasteiger partial charge in [0.15, 0.2) is 0 Å². The number of nitrogens with one attached hydrogen (secondary N) is 1. The average Bonchev–Trinajstić information content (AvgIpc) is 3.13. The molecule has 1 aliphatic rings. The van der Waals surface area contributed by atoms with Crippen LogP contribution < -0.4 is 9.46 Å². The smallest absolute Gasteiger partial charge is 0.241 e. The number of hydrogen-bond acceptors (Lipinski definition) is 5. The third-order valence-electron chi connectivity index (χ3n) is 5.14. The van der Waals surface area contributed by atoms with Crippen LogP contribution in [0, 0.1) is 11.3 Å². The first-order valence-corrected chi connectivity index (χ1v) is 11.6. The number of rotatable bonds is 7. The fourth-order valence-electron chi connectivity index (χ4n) is 3.53. The number of nitriles is 1. The van der Waals surface area contributed by atoms with Crippen molar-refractivity contribution >= 4 is 15.9 Å². The van der Waals surface area contributed by atoms with Gasteiger partial charge in [-0.3, -0.25) is 4.79 Å². The second-order valence-electron chi connectivity index (χ2n) is 7.42. The van der Waals surface area contributed by atoms with Crippen LogP contribution in [0.5, 0.6) is 11.5 Å².